The summed E-state index contributed by atoms with van der Waals surface area (Å²) >= 11 is 0. The molecule has 0 heterocycles. The summed E-state index contributed by atoms with van der Waals surface area (Å²) in [6, 6.07) is 9.71. The summed E-state index contributed by atoms with van der Waals surface area (Å²) in [4.78, 5) is 3.78. The monoisotopic (exact) mass is 175 g/mol. The van der Waals surface area contributed by atoms with Crippen molar-refractivity contribution in [1.82, 2.24) is 0 Å². The minimum absolute atomic E-state index is 0.603. The molecule has 0 amide bonds. The molecule has 0 radical (unpaired) electrons. The summed E-state index contributed by atoms with van der Waals surface area (Å²) < 4.78 is 0. The Hall–Kier alpha value is -1.77. The molecule has 0 aliphatic carbocycles. The van der Waals surface area contributed by atoms with Crippen LogP contribution in [0.5, 0.6) is 0 Å². The van der Waals surface area contributed by atoms with E-state index >= 15 is 0 Å². The highest BCUT2D eigenvalue weighted by atomic mass is 15.0. The maximum atomic E-state index is 5.58. The first-order chi connectivity index (χ1) is 6.24. The predicted octanol–water partition coefficient (Wildman–Crippen LogP) is 1.95. The third-order valence-electron chi connectivity index (χ3n) is 1.57. The second-order valence-corrected chi connectivity index (χ2v) is 2.68. The fourth-order valence-corrected chi connectivity index (χ4v) is 0.921. The van der Waals surface area contributed by atoms with Gasteiger partial charge in [0.1, 0.15) is 5.82 Å². The van der Waals surface area contributed by atoms with Crippen molar-refractivity contribution in [3.63, 3.8) is 0 Å². The second kappa shape index (κ2) is 4.30. The van der Waals surface area contributed by atoms with Crippen LogP contribution >= 0.6 is 0 Å². The van der Waals surface area contributed by atoms with Crippen LogP contribution in [0.1, 0.15) is 6.92 Å². The maximum Gasteiger partial charge on any atom is 0.148 e. The molecule has 68 valence electrons. The zero-order valence-electron chi connectivity index (χ0n) is 7.62. The zero-order chi connectivity index (χ0) is 9.68. The van der Waals surface area contributed by atoms with Crippen LogP contribution in [0.3, 0.4) is 0 Å². The van der Waals surface area contributed by atoms with Crippen molar-refractivity contribution in [3.05, 3.63) is 41.8 Å². The van der Waals surface area contributed by atoms with Crippen LogP contribution in [0.15, 0.2) is 46.8 Å². The van der Waals surface area contributed by atoms with Gasteiger partial charge in [0, 0.05) is 11.4 Å². The van der Waals surface area contributed by atoms with Gasteiger partial charge in [0.25, 0.3) is 0 Å². The summed E-state index contributed by atoms with van der Waals surface area (Å²) in [7, 11) is 0. The van der Waals surface area contributed by atoms with Gasteiger partial charge in [-0.25, -0.2) is 4.99 Å². The summed E-state index contributed by atoms with van der Waals surface area (Å²) in [5.41, 5.74) is 7.16. The molecule has 1 aromatic rings. The molecular formula is C10H13N3. The molecule has 1 aromatic carbocycles. The molecule has 0 spiro atoms. The lowest BCUT2D eigenvalue weighted by molar-refractivity contribution is 1.17. The van der Waals surface area contributed by atoms with Gasteiger partial charge < -0.3 is 11.1 Å². The van der Waals surface area contributed by atoms with Gasteiger partial charge in [0.05, 0.1) is 0 Å². The lowest BCUT2D eigenvalue weighted by Crippen LogP contribution is -2.05. The molecule has 3 nitrogen and oxygen atoms in total. The summed E-state index contributed by atoms with van der Waals surface area (Å²) in [6.45, 7) is 5.21. The summed E-state index contributed by atoms with van der Waals surface area (Å²) in [5, 5.41) is 3.05. The Morgan fingerprint density at radius 2 is 2.00 bits per heavy atom. The van der Waals surface area contributed by atoms with Crippen molar-refractivity contribution in [2.24, 2.45) is 10.7 Å². The Bertz CT molecular complexity index is 310. The van der Waals surface area contributed by atoms with E-state index in [2.05, 4.69) is 17.0 Å². The minimum atomic E-state index is 0.603. The Balaban J connectivity index is 2.80. The molecule has 0 atom stereocenters. The third-order valence-corrected chi connectivity index (χ3v) is 1.57. The van der Waals surface area contributed by atoms with Crippen molar-refractivity contribution >= 4 is 12.4 Å². The molecule has 0 unspecified atom stereocenters. The van der Waals surface area contributed by atoms with Crippen molar-refractivity contribution in [1.29, 1.82) is 0 Å². The molecule has 3 heteroatoms. The Morgan fingerprint density at radius 1 is 1.38 bits per heavy atom. The first-order valence-corrected chi connectivity index (χ1v) is 3.99. The molecule has 0 saturated carbocycles. The van der Waals surface area contributed by atoms with Gasteiger partial charge in [-0.15, -0.1) is 0 Å². The molecule has 0 saturated heterocycles. The fraction of sp³-hybridized carbons (Fsp3) is 0.100. The molecule has 0 bridgehead atoms. The standard InChI is InChI=1S/C10H13N3/c1-8(11)10(12-2)13-9-6-4-3-5-7-9/h3-7,13H,2,11H2,1H3/b10-8+. The average molecular weight is 175 g/mol. The van der Waals surface area contributed by atoms with Gasteiger partial charge in [-0.1, -0.05) is 18.2 Å². The molecular weight excluding hydrogens is 162 g/mol. The number of benzene rings is 1. The van der Waals surface area contributed by atoms with Crippen LogP contribution in [-0.4, -0.2) is 6.72 Å². The van der Waals surface area contributed by atoms with E-state index in [0.717, 1.165) is 5.69 Å². The van der Waals surface area contributed by atoms with E-state index in [1.165, 1.54) is 0 Å². The van der Waals surface area contributed by atoms with Gasteiger partial charge in [0.2, 0.25) is 0 Å². The normalized spacial score (nSPS) is 11.8. The Labute approximate surface area is 78.0 Å². The Kier molecular flexibility index (Phi) is 3.09. The average Bonchev–Trinajstić information content (AvgIpc) is 2.15. The van der Waals surface area contributed by atoms with Crippen LogP contribution in [-0.2, 0) is 0 Å². The van der Waals surface area contributed by atoms with Crippen LogP contribution in [0.4, 0.5) is 5.69 Å². The Morgan fingerprint density at radius 3 is 2.46 bits per heavy atom. The van der Waals surface area contributed by atoms with E-state index in [-0.39, 0.29) is 0 Å². The van der Waals surface area contributed by atoms with Gasteiger partial charge in [0.15, 0.2) is 0 Å². The zero-order valence-corrected chi connectivity index (χ0v) is 7.62. The number of hydrogen-bond donors (Lipinski definition) is 2. The number of nitrogens with two attached hydrogens (primary N) is 1. The number of nitrogens with one attached hydrogen (secondary N) is 1. The second-order valence-electron chi connectivity index (χ2n) is 2.68. The van der Waals surface area contributed by atoms with Crippen molar-refractivity contribution < 1.29 is 0 Å². The number of allylic oxidation sites excluding steroid dienone is 1. The molecule has 13 heavy (non-hydrogen) atoms. The van der Waals surface area contributed by atoms with Crippen molar-refractivity contribution in [2.45, 2.75) is 6.92 Å². The molecule has 0 aliphatic heterocycles. The topological polar surface area (TPSA) is 50.4 Å². The highest BCUT2D eigenvalue weighted by Gasteiger charge is 1.96. The van der Waals surface area contributed by atoms with Crippen LogP contribution < -0.4 is 11.1 Å². The largest absolute Gasteiger partial charge is 0.399 e. The summed E-state index contributed by atoms with van der Waals surface area (Å²) in [5.74, 6) is 0.603. The predicted molar refractivity (Wildman–Crippen MR) is 56.5 cm³/mol. The molecule has 0 aliphatic rings. The number of nitrogens with zero attached hydrogens (tertiary/aromatic N) is 1. The van der Waals surface area contributed by atoms with Gasteiger partial charge in [-0.2, -0.15) is 0 Å². The highest BCUT2D eigenvalue weighted by Crippen LogP contribution is 2.10. The first kappa shape index (κ1) is 9.32. The highest BCUT2D eigenvalue weighted by molar-refractivity contribution is 5.49. The quantitative estimate of drug-likeness (QED) is 0.690. The number of hydrogen-bond acceptors (Lipinski definition) is 3. The van der Waals surface area contributed by atoms with Gasteiger partial charge >= 0.3 is 0 Å². The van der Waals surface area contributed by atoms with Crippen LogP contribution in [0.2, 0.25) is 0 Å². The lowest BCUT2D eigenvalue weighted by atomic mass is 10.3. The van der Waals surface area contributed by atoms with E-state index in [4.69, 9.17) is 5.73 Å². The number of anilines is 1. The first-order valence-electron chi connectivity index (χ1n) is 3.99. The van der Waals surface area contributed by atoms with Crippen molar-refractivity contribution in [3.8, 4) is 0 Å². The van der Waals surface area contributed by atoms with Crippen molar-refractivity contribution in [2.75, 3.05) is 5.32 Å². The van der Waals surface area contributed by atoms with Crippen LogP contribution in [0.25, 0.3) is 0 Å². The van der Waals surface area contributed by atoms with E-state index in [1.54, 1.807) is 6.92 Å². The van der Waals surface area contributed by atoms with Gasteiger partial charge in [-0.3, -0.25) is 0 Å². The van der Waals surface area contributed by atoms with E-state index < -0.39 is 0 Å². The molecule has 3 N–H and O–H groups in total. The van der Waals surface area contributed by atoms with Crippen LogP contribution in [0, 0.1) is 0 Å². The molecule has 0 fully saturated rings. The minimum Gasteiger partial charge on any atom is -0.399 e. The lowest BCUT2D eigenvalue weighted by Gasteiger charge is -2.06. The molecule has 1 rings (SSSR count). The third kappa shape index (κ3) is 2.63. The van der Waals surface area contributed by atoms with E-state index in [9.17, 15) is 0 Å². The summed E-state index contributed by atoms with van der Waals surface area (Å²) in [6.07, 6.45) is 0. The maximum absolute atomic E-state index is 5.58. The smallest absolute Gasteiger partial charge is 0.148 e. The van der Waals surface area contributed by atoms with Gasteiger partial charge in [-0.05, 0) is 25.8 Å². The number of aliphatic imine (C=N–C) groups is 1. The molecule has 0 aromatic heterocycles. The fourth-order valence-electron chi connectivity index (χ4n) is 0.921. The SMILES string of the molecule is C=N/C(Nc1ccccc1)=C(/C)N. The number of para-hydroxylation sites is 1. The van der Waals surface area contributed by atoms with E-state index in [1.807, 2.05) is 30.3 Å². The number of rotatable bonds is 3. The van der Waals surface area contributed by atoms with E-state index in [0.29, 0.717) is 11.5 Å².